The molecule has 1 saturated carbocycles. The van der Waals surface area contributed by atoms with E-state index in [4.69, 9.17) is 16.3 Å². The van der Waals surface area contributed by atoms with Crippen LogP contribution in [0.3, 0.4) is 0 Å². The third-order valence-corrected chi connectivity index (χ3v) is 3.47. The molecule has 0 aliphatic heterocycles. The fourth-order valence-electron chi connectivity index (χ4n) is 2.37. The molecular formula is C14H21ClN2O. The zero-order chi connectivity index (χ0) is 12.8. The molecule has 0 radical (unpaired) electrons. The zero-order valence-corrected chi connectivity index (χ0v) is 11.7. The van der Waals surface area contributed by atoms with Crippen molar-refractivity contribution >= 4 is 11.6 Å². The van der Waals surface area contributed by atoms with Crippen LogP contribution in [-0.4, -0.2) is 16.1 Å². The molecule has 1 heterocycles. The Morgan fingerprint density at radius 1 is 1.22 bits per heavy atom. The van der Waals surface area contributed by atoms with Crippen molar-refractivity contribution in [3.8, 4) is 5.88 Å². The van der Waals surface area contributed by atoms with Crippen molar-refractivity contribution < 1.29 is 4.74 Å². The lowest BCUT2D eigenvalue weighted by atomic mass is 10.1. The van der Waals surface area contributed by atoms with E-state index in [1.807, 2.05) is 0 Å². The first-order chi connectivity index (χ1) is 8.78. The smallest absolute Gasteiger partial charge is 0.218 e. The van der Waals surface area contributed by atoms with E-state index >= 15 is 0 Å². The Morgan fingerprint density at radius 3 is 2.61 bits per heavy atom. The van der Waals surface area contributed by atoms with Crippen LogP contribution in [0.2, 0.25) is 5.15 Å². The van der Waals surface area contributed by atoms with Crippen LogP contribution < -0.4 is 4.74 Å². The highest BCUT2D eigenvalue weighted by Gasteiger charge is 2.15. The summed E-state index contributed by atoms with van der Waals surface area (Å²) in [5.74, 6) is 1.43. The molecule has 2 rings (SSSR count). The van der Waals surface area contributed by atoms with Gasteiger partial charge < -0.3 is 4.74 Å². The van der Waals surface area contributed by atoms with Crippen LogP contribution >= 0.6 is 11.6 Å². The predicted molar refractivity (Wildman–Crippen MR) is 73.2 cm³/mol. The summed E-state index contributed by atoms with van der Waals surface area (Å²) in [5, 5.41) is 0.483. The molecule has 0 aromatic carbocycles. The van der Waals surface area contributed by atoms with Crippen molar-refractivity contribution in [1.29, 1.82) is 0 Å². The Hall–Kier alpha value is -0.830. The molecule has 0 amide bonds. The first-order valence-corrected chi connectivity index (χ1v) is 7.36. The van der Waals surface area contributed by atoms with Gasteiger partial charge in [-0.15, -0.1) is 0 Å². The lowest BCUT2D eigenvalue weighted by molar-refractivity contribution is 0.175. The second-order valence-corrected chi connectivity index (χ2v) is 5.31. The van der Waals surface area contributed by atoms with E-state index in [1.54, 1.807) is 6.07 Å². The monoisotopic (exact) mass is 268 g/mol. The molecule has 0 saturated heterocycles. The van der Waals surface area contributed by atoms with Crippen LogP contribution in [0.4, 0.5) is 0 Å². The minimum absolute atomic E-state index is 0.299. The summed E-state index contributed by atoms with van der Waals surface area (Å²) in [6.07, 6.45) is 9.58. The van der Waals surface area contributed by atoms with Gasteiger partial charge in [-0.2, -0.15) is 4.98 Å². The van der Waals surface area contributed by atoms with Gasteiger partial charge in [-0.1, -0.05) is 31.4 Å². The van der Waals surface area contributed by atoms with Gasteiger partial charge in [0.2, 0.25) is 5.88 Å². The van der Waals surface area contributed by atoms with Gasteiger partial charge in [0.25, 0.3) is 0 Å². The third-order valence-electron chi connectivity index (χ3n) is 3.28. The quantitative estimate of drug-likeness (QED) is 0.607. The van der Waals surface area contributed by atoms with Crippen LogP contribution in [-0.2, 0) is 6.42 Å². The molecule has 0 atom stereocenters. The normalized spacial score (nSPS) is 17.4. The van der Waals surface area contributed by atoms with Gasteiger partial charge in [-0.05, 0) is 32.1 Å². The molecule has 4 heteroatoms. The Balaban J connectivity index is 2.02. The second kappa shape index (κ2) is 6.93. The van der Waals surface area contributed by atoms with Gasteiger partial charge >= 0.3 is 0 Å². The molecule has 0 spiro atoms. The first-order valence-electron chi connectivity index (χ1n) is 6.98. The van der Waals surface area contributed by atoms with Crippen molar-refractivity contribution in [2.24, 2.45) is 0 Å². The summed E-state index contributed by atoms with van der Waals surface area (Å²) in [4.78, 5) is 8.64. The van der Waals surface area contributed by atoms with Gasteiger partial charge in [0, 0.05) is 12.5 Å². The van der Waals surface area contributed by atoms with Crippen LogP contribution in [0.25, 0.3) is 0 Å². The average molecular weight is 269 g/mol. The van der Waals surface area contributed by atoms with Crippen molar-refractivity contribution in [2.75, 3.05) is 0 Å². The molecule has 0 N–H and O–H groups in total. The molecule has 18 heavy (non-hydrogen) atoms. The molecular weight excluding hydrogens is 248 g/mol. The molecule has 1 aliphatic carbocycles. The Labute approximate surface area is 114 Å². The minimum atomic E-state index is 0.299. The van der Waals surface area contributed by atoms with Crippen molar-refractivity contribution in [2.45, 2.75) is 64.4 Å². The van der Waals surface area contributed by atoms with Gasteiger partial charge in [0.05, 0.1) is 0 Å². The number of hydrogen-bond acceptors (Lipinski definition) is 3. The Morgan fingerprint density at radius 2 is 1.94 bits per heavy atom. The Bertz CT molecular complexity index is 376. The standard InChI is InChI=1S/C14H21ClN2O/c1-2-7-13-16-12(15)10-14(17-13)18-11-8-5-3-4-6-9-11/h10-11H,2-9H2,1H3. The van der Waals surface area contributed by atoms with Crippen molar-refractivity contribution in [3.05, 3.63) is 17.0 Å². The average Bonchev–Trinajstić information content (AvgIpc) is 2.57. The topological polar surface area (TPSA) is 35.0 Å². The summed E-state index contributed by atoms with van der Waals surface area (Å²) in [5.41, 5.74) is 0. The molecule has 3 nitrogen and oxygen atoms in total. The maximum absolute atomic E-state index is 6.00. The largest absolute Gasteiger partial charge is 0.474 e. The summed E-state index contributed by atoms with van der Waals surface area (Å²) in [6, 6.07) is 1.73. The molecule has 1 aromatic rings. The number of rotatable bonds is 4. The minimum Gasteiger partial charge on any atom is -0.474 e. The fourth-order valence-corrected chi connectivity index (χ4v) is 2.56. The number of ether oxygens (including phenoxy) is 1. The van der Waals surface area contributed by atoms with Gasteiger partial charge in [-0.25, -0.2) is 4.98 Å². The summed E-state index contributed by atoms with van der Waals surface area (Å²) in [6.45, 7) is 2.11. The number of aromatic nitrogens is 2. The molecule has 1 fully saturated rings. The van der Waals surface area contributed by atoms with E-state index in [0.29, 0.717) is 17.1 Å². The number of aryl methyl sites for hydroxylation is 1. The lowest BCUT2D eigenvalue weighted by Crippen LogP contribution is -2.16. The van der Waals surface area contributed by atoms with Crippen LogP contribution in [0.5, 0.6) is 5.88 Å². The maximum Gasteiger partial charge on any atom is 0.218 e. The highest BCUT2D eigenvalue weighted by Crippen LogP contribution is 2.23. The highest BCUT2D eigenvalue weighted by atomic mass is 35.5. The van der Waals surface area contributed by atoms with E-state index in [9.17, 15) is 0 Å². The molecule has 100 valence electrons. The number of hydrogen-bond donors (Lipinski definition) is 0. The Kier molecular flexibility index (Phi) is 5.24. The molecule has 1 aliphatic rings. The van der Waals surface area contributed by atoms with E-state index in [-0.39, 0.29) is 0 Å². The first kappa shape index (κ1) is 13.6. The summed E-state index contributed by atoms with van der Waals surface area (Å²) >= 11 is 6.00. The lowest BCUT2D eigenvalue weighted by Gasteiger charge is -2.16. The molecule has 0 unspecified atom stereocenters. The van der Waals surface area contributed by atoms with E-state index in [1.165, 1.54) is 25.7 Å². The van der Waals surface area contributed by atoms with E-state index in [2.05, 4.69) is 16.9 Å². The predicted octanol–water partition coefficient (Wildman–Crippen LogP) is 4.18. The van der Waals surface area contributed by atoms with Gasteiger partial charge in [0.1, 0.15) is 17.1 Å². The van der Waals surface area contributed by atoms with Crippen molar-refractivity contribution in [3.63, 3.8) is 0 Å². The molecule has 0 bridgehead atoms. The number of nitrogens with zero attached hydrogens (tertiary/aromatic N) is 2. The molecule has 1 aromatic heterocycles. The highest BCUT2D eigenvalue weighted by molar-refractivity contribution is 6.29. The third kappa shape index (κ3) is 4.13. The SMILES string of the molecule is CCCc1nc(Cl)cc(OC2CCCCCC2)n1. The van der Waals surface area contributed by atoms with Crippen LogP contribution in [0, 0.1) is 0 Å². The van der Waals surface area contributed by atoms with Gasteiger partial charge in [0.15, 0.2) is 0 Å². The number of halogens is 1. The van der Waals surface area contributed by atoms with Crippen molar-refractivity contribution in [1.82, 2.24) is 9.97 Å². The van der Waals surface area contributed by atoms with Gasteiger partial charge in [-0.3, -0.25) is 0 Å². The van der Waals surface area contributed by atoms with Crippen LogP contribution in [0.1, 0.15) is 57.7 Å². The zero-order valence-electron chi connectivity index (χ0n) is 11.0. The summed E-state index contributed by atoms with van der Waals surface area (Å²) in [7, 11) is 0. The fraction of sp³-hybridized carbons (Fsp3) is 0.714. The van der Waals surface area contributed by atoms with E-state index in [0.717, 1.165) is 31.5 Å². The van der Waals surface area contributed by atoms with E-state index < -0.39 is 0 Å². The van der Waals surface area contributed by atoms with Crippen LogP contribution in [0.15, 0.2) is 6.07 Å². The maximum atomic E-state index is 6.00. The summed E-state index contributed by atoms with van der Waals surface area (Å²) < 4.78 is 5.97. The second-order valence-electron chi connectivity index (χ2n) is 4.93.